The van der Waals surface area contributed by atoms with Gasteiger partial charge in [-0.1, -0.05) is 45.0 Å². The molecule has 3 aliphatic carbocycles. The van der Waals surface area contributed by atoms with Crippen molar-refractivity contribution >= 4 is 11.8 Å². The first-order chi connectivity index (χ1) is 21.5. The number of furan rings is 1. The van der Waals surface area contributed by atoms with Crippen molar-refractivity contribution in [3.8, 4) is 5.69 Å². The summed E-state index contributed by atoms with van der Waals surface area (Å²) in [6.45, 7) is 6.30. The number of benzene rings is 1. The molecule has 3 saturated carbocycles. The third-order valence-electron chi connectivity index (χ3n) is 12.1. The van der Waals surface area contributed by atoms with E-state index in [4.69, 9.17) is 13.9 Å². The van der Waals surface area contributed by atoms with Crippen molar-refractivity contribution in [1.82, 2.24) is 13.9 Å². The van der Waals surface area contributed by atoms with Crippen LogP contribution < -0.4 is 11.4 Å². The summed E-state index contributed by atoms with van der Waals surface area (Å²) < 4.78 is 21.4. The van der Waals surface area contributed by atoms with E-state index in [0.717, 1.165) is 12.0 Å². The Bertz CT molecular complexity index is 1800. The van der Waals surface area contributed by atoms with Crippen LogP contribution in [-0.4, -0.2) is 55.7 Å². The lowest BCUT2D eigenvalue weighted by Gasteiger charge is -2.60. The largest absolute Gasteiger partial charge is 0.457 e. The van der Waals surface area contributed by atoms with Crippen molar-refractivity contribution in [2.75, 3.05) is 7.11 Å². The number of aromatic nitrogens is 3. The maximum absolute atomic E-state index is 14.2. The van der Waals surface area contributed by atoms with E-state index in [1.807, 2.05) is 26.0 Å². The lowest BCUT2D eigenvalue weighted by Crippen LogP contribution is -2.69. The molecule has 238 valence electrons. The fourth-order valence-corrected chi connectivity index (χ4v) is 9.39. The van der Waals surface area contributed by atoms with E-state index in [9.17, 15) is 24.3 Å². The number of hydrogen-bond acceptors (Lipinski definition) is 8. The molecule has 0 amide bonds. The van der Waals surface area contributed by atoms with Crippen LogP contribution in [0.25, 0.3) is 5.69 Å². The summed E-state index contributed by atoms with van der Waals surface area (Å²) in [6.07, 6.45) is 3.72. The maximum Gasteiger partial charge on any atom is 0.374 e. The van der Waals surface area contributed by atoms with Gasteiger partial charge in [0.25, 0.3) is 0 Å². The Labute approximate surface area is 260 Å². The van der Waals surface area contributed by atoms with Crippen LogP contribution in [0.3, 0.4) is 0 Å². The molecule has 2 aromatic heterocycles. The molecule has 1 N–H and O–H groups in total. The quantitative estimate of drug-likeness (QED) is 0.340. The van der Waals surface area contributed by atoms with Gasteiger partial charge in [0.1, 0.15) is 17.8 Å². The van der Waals surface area contributed by atoms with Gasteiger partial charge < -0.3 is 19.0 Å². The summed E-state index contributed by atoms with van der Waals surface area (Å²) in [5.74, 6) is -1.68. The molecule has 1 aliphatic heterocycles. The van der Waals surface area contributed by atoms with Gasteiger partial charge in [-0.2, -0.15) is 0 Å². The summed E-state index contributed by atoms with van der Waals surface area (Å²) in [5.41, 5.74) is -3.29. The minimum absolute atomic E-state index is 0.0383. The highest BCUT2D eigenvalue weighted by Gasteiger charge is 2.78. The van der Waals surface area contributed by atoms with E-state index < -0.39 is 46.0 Å². The fraction of sp³-hybridized carbons (Fsp3) is 0.529. The predicted molar refractivity (Wildman–Crippen MR) is 162 cm³/mol. The molecular formula is C34H39N3O8. The van der Waals surface area contributed by atoms with E-state index in [2.05, 4.69) is 6.92 Å². The van der Waals surface area contributed by atoms with Gasteiger partial charge in [0.2, 0.25) is 5.76 Å². The highest BCUT2D eigenvalue weighted by molar-refractivity contribution is 5.96. The van der Waals surface area contributed by atoms with Crippen LogP contribution in [0.2, 0.25) is 0 Å². The predicted octanol–water partition coefficient (Wildman–Crippen LogP) is 3.36. The molecule has 4 aliphatic rings. The Morgan fingerprint density at radius 1 is 1.04 bits per heavy atom. The smallest absolute Gasteiger partial charge is 0.374 e. The monoisotopic (exact) mass is 617 g/mol. The zero-order chi connectivity index (χ0) is 31.9. The van der Waals surface area contributed by atoms with E-state index in [1.54, 1.807) is 30.3 Å². The summed E-state index contributed by atoms with van der Waals surface area (Å²) >= 11 is 0. The van der Waals surface area contributed by atoms with Crippen molar-refractivity contribution in [3.05, 3.63) is 87.1 Å². The second-order valence-electron chi connectivity index (χ2n) is 13.5. The number of methoxy groups -OCH3 is 1. The highest BCUT2D eigenvalue weighted by atomic mass is 16.6. The van der Waals surface area contributed by atoms with Crippen molar-refractivity contribution in [2.24, 2.45) is 28.6 Å². The minimum atomic E-state index is -1.83. The number of para-hydroxylation sites is 1. The summed E-state index contributed by atoms with van der Waals surface area (Å²) in [7, 11) is 1.49. The van der Waals surface area contributed by atoms with Crippen molar-refractivity contribution in [2.45, 2.75) is 77.4 Å². The average molecular weight is 618 g/mol. The Morgan fingerprint density at radius 3 is 2.47 bits per heavy atom. The first kappa shape index (κ1) is 29.7. The molecule has 45 heavy (non-hydrogen) atoms. The SMILES string of the molecule is CO[C@H]1C[C@@]23CC[C@@H](C)[C@@](C)([C@H](OC(=O)c4ccco4)C[C@@H](C4=CCn5c(=O)n(-c6ccccc6)c(=O)n5C4)[C@@H]2C)[C@]3(O)C1=O. The molecule has 3 fully saturated rings. The standard InChI is InChI=1S/C34H39N3O8/c1-20-12-14-33-18-26(43-4)28(38)34(33,42)32(20,3)27(45-29(39)25-11-8-16-44-25)17-24(21(33)2)22-13-15-35-30(40)37(31(41)36(35)19-22)23-9-6-5-7-10-23/h5-11,13,16,20-21,24,26-27,42H,12,14-15,17-19H2,1-4H3/t20-,21+,24-,26+,27-,32+,33+,34-/m1/s1. The summed E-state index contributed by atoms with van der Waals surface area (Å²) in [6, 6.07) is 12.0. The van der Waals surface area contributed by atoms with Gasteiger partial charge in [-0.3, -0.25) is 4.79 Å². The fourth-order valence-electron chi connectivity index (χ4n) is 9.39. The zero-order valence-electron chi connectivity index (χ0n) is 26.0. The van der Waals surface area contributed by atoms with Crippen LogP contribution in [0, 0.1) is 28.6 Å². The normalized spacial score (nSPS) is 35.7. The average Bonchev–Trinajstić information content (AvgIpc) is 3.73. The number of aliphatic hydroxyl groups is 1. The van der Waals surface area contributed by atoms with Crippen LogP contribution in [0.4, 0.5) is 0 Å². The molecule has 11 nitrogen and oxygen atoms in total. The molecule has 0 spiro atoms. The number of nitrogens with zero attached hydrogens (tertiary/aromatic N) is 3. The molecule has 11 heteroatoms. The number of carbonyl (C=O) groups excluding carboxylic acids is 2. The Morgan fingerprint density at radius 2 is 1.78 bits per heavy atom. The lowest BCUT2D eigenvalue weighted by molar-refractivity contribution is -0.229. The van der Waals surface area contributed by atoms with Gasteiger partial charge >= 0.3 is 17.3 Å². The van der Waals surface area contributed by atoms with E-state index in [0.29, 0.717) is 24.9 Å². The number of rotatable bonds is 5. The second kappa shape index (κ2) is 10.3. The first-order valence-corrected chi connectivity index (χ1v) is 15.7. The van der Waals surface area contributed by atoms with Gasteiger partial charge in [0.05, 0.1) is 25.0 Å². The number of allylic oxidation sites excluding steroid dienone is 2. The number of ether oxygens (including phenoxy) is 2. The van der Waals surface area contributed by atoms with Crippen LogP contribution in [-0.2, 0) is 27.4 Å². The molecule has 2 bridgehead atoms. The van der Waals surface area contributed by atoms with Gasteiger partial charge in [-0.15, -0.1) is 0 Å². The molecule has 7 rings (SSSR count). The van der Waals surface area contributed by atoms with Crippen LogP contribution in [0.1, 0.15) is 57.0 Å². The van der Waals surface area contributed by atoms with Crippen LogP contribution >= 0.6 is 0 Å². The second-order valence-corrected chi connectivity index (χ2v) is 13.5. The van der Waals surface area contributed by atoms with E-state index in [1.165, 1.54) is 33.4 Å². The highest BCUT2D eigenvalue weighted by Crippen LogP contribution is 2.71. The van der Waals surface area contributed by atoms with Crippen LogP contribution in [0.15, 0.2) is 74.4 Å². The number of carbonyl (C=O) groups is 2. The van der Waals surface area contributed by atoms with Gasteiger partial charge in [-0.25, -0.2) is 28.3 Å². The molecule has 8 atom stereocenters. The van der Waals surface area contributed by atoms with Crippen molar-refractivity contribution in [1.29, 1.82) is 0 Å². The molecule has 0 saturated heterocycles. The Hall–Kier alpha value is -3.96. The molecular weight excluding hydrogens is 578 g/mol. The van der Waals surface area contributed by atoms with Crippen molar-refractivity contribution in [3.63, 3.8) is 0 Å². The van der Waals surface area contributed by atoms with E-state index in [-0.39, 0.29) is 42.4 Å². The topological polar surface area (TPSA) is 135 Å². The molecule has 0 unspecified atom stereocenters. The Kier molecular flexibility index (Phi) is 6.79. The van der Waals surface area contributed by atoms with Gasteiger partial charge in [0, 0.05) is 17.9 Å². The molecule has 1 aromatic carbocycles. The maximum atomic E-state index is 14.2. The number of fused-ring (bicyclic) bond motifs is 1. The number of Topliss-reactive ketones (excluding diaryl/α,β-unsaturated/α-hetero) is 1. The van der Waals surface area contributed by atoms with Gasteiger partial charge in [0.15, 0.2) is 5.78 Å². The third-order valence-corrected chi connectivity index (χ3v) is 12.1. The number of ketones is 1. The zero-order valence-corrected chi connectivity index (χ0v) is 26.0. The third kappa shape index (κ3) is 3.83. The summed E-state index contributed by atoms with van der Waals surface area (Å²) in [5, 5.41) is 13.0. The molecule has 3 aromatic rings. The Balaban J connectivity index is 1.35. The number of esters is 1. The molecule has 0 radical (unpaired) electrons. The minimum Gasteiger partial charge on any atom is -0.457 e. The van der Waals surface area contributed by atoms with Crippen LogP contribution in [0.5, 0.6) is 0 Å². The van der Waals surface area contributed by atoms with Gasteiger partial charge in [-0.05, 0) is 73.3 Å². The summed E-state index contributed by atoms with van der Waals surface area (Å²) in [4.78, 5) is 54.7. The lowest BCUT2D eigenvalue weighted by atomic mass is 9.46. The number of hydrogen-bond donors (Lipinski definition) is 1. The molecule has 3 heterocycles. The first-order valence-electron chi connectivity index (χ1n) is 15.7. The van der Waals surface area contributed by atoms with E-state index >= 15 is 0 Å². The van der Waals surface area contributed by atoms with Crippen molar-refractivity contribution < 1.29 is 28.6 Å².